The minimum Gasteiger partial charge on any atom is -0.489 e. The Morgan fingerprint density at radius 3 is 2.47 bits per heavy atom. The molecule has 3 heterocycles. The molecule has 1 aliphatic rings. The second-order valence-corrected chi connectivity index (χ2v) is 8.00. The number of hydrogen-bond donors (Lipinski definition) is 1. The van der Waals surface area contributed by atoms with E-state index in [4.69, 9.17) is 4.74 Å². The summed E-state index contributed by atoms with van der Waals surface area (Å²) in [5.74, 6) is 2.56. The van der Waals surface area contributed by atoms with Gasteiger partial charge < -0.3 is 19.9 Å². The zero-order chi connectivity index (χ0) is 21.8. The van der Waals surface area contributed by atoms with Crippen LogP contribution in [0.15, 0.2) is 73.2 Å². The summed E-state index contributed by atoms with van der Waals surface area (Å²) in [4.78, 5) is 18.2. The van der Waals surface area contributed by atoms with Gasteiger partial charge in [-0.2, -0.15) is 0 Å². The third-order valence-corrected chi connectivity index (χ3v) is 5.70. The van der Waals surface area contributed by atoms with Gasteiger partial charge in [0.25, 0.3) is 0 Å². The lowest BCUT2D eigenvalue weighted by Gasteiger charge is -2.33. The van der Waals surface area contributed by atoms with Crippen molar-refractivity contribution >= 4 is 28.2 Å². The molecule has 0 atom stereocenters. The molecule has 0 spiro atoms. The summed E-state index contributed by atoms with van der Waals surface area (Å²) in [7, 11) is 2.15. The molecule has 0 aliphatic carbocycles. The number of hydrogen-bond acceptors (Lipinski definition) is 7. The Balaban J connectivity index is 1.31. The van der Waals surface area contributed by atoms with E-state index in [0.717, 1.165) is 65.7 Å². The molecule has 0 radical (unpaired) electrons. The Morgan fingerprint density at radius 1 is 0.906 bits per heavy atom. The van der Waals surface area contributed by atoms with Gasteiger partial charge in [0.05, 0.1) is 11.7 Å². The summed E-state index contributed by atoms with van der Waals surface area (Å²) in [6.07, 6.45) is 3.40. The van der Waals surface area contributed by atoms with E-state index >= 15 is 0 Å². The fourth-order valence-electron chi connectivity index (χ4n) is 3.77. The van der Waals surface area contributed by atoms with Gasteiger partial charge in [-0.25, -0.2) is 15.0 Å². The first-order chi connectivity index (χ1) is 15.7. The standard InChI is InChI=1S/C25H26N6O/c1-30-11-13-31(14-12-30)24-15-22-23(16-26-24)27-18-28-25(22)29-20-7-9-21(10-8-20)32-17-19-5-3-2-4-6-19/h2-10,15-16,18H,11-14,17H2,1H3,(H,27,28,29). The second kappa shape index (κ2) is 9.20. The maximum atomic E-state index is 5.89. The molecule has 32 heavy (non-hydrogen) atoms. The summed E-state index contributed by atoms with van der Waals surface area (Å²) >= 11 is 0. The van der Waals surface area contributed by atoms with E-state index in [9.17, 15) is 0 Å². The molecule has 5 rings (SSSR count). The predicted octanol–water partition coefficient (Wildman–Crippen LogP) is 4.10. The van der Waals surface area contributed by atoms with E-state index in [1.807, 2.05) is 48.7 Å². The van der Waals surface area contributed by atoms with Gasteiger partial charge in [-0.15, -0.1) is 0 Å². The van der Waals surface area contributed by atoms with Crippen molar-refractivity contribution in [3.05, 3.63) is 78.8 Å². The number of aromatic nitrogens is 3. The summed E-state index contributed by atoms with van der Waals surface area (Å²) in [5.41, 5.74) is 2.91. The average molecular weight is 427 g/mol. The number of likely N-dealkylation sites (N-methyl/N-ethyl adjacent to an activating group) is 1. The molecule has 0 amide bonds. The van der Waals surface area contributed by atoms with Gasteiger partial charge in [0.1, 0.15) is 30.3 Å². The van der Waals surface area contributed by atoms with Crippen molar-refractivity contribution in [3.63, 3.8) is 0 Å². The number of pyridine rings is 1. The van der Waals surface area contributed by atoms with Crippen molar-refractivity contribution in [3.8, 4) is 5.75 Å². The van der Waals surface area contributed by atoms with Gasteiger partial charge in [-0.05, 0) is 42.9 Å². The van der Waals surface area contributed by atoms with E-state index in [0.29, 0.717) is 6.61 Å². The molecule has 2 aromatic heterocycles. The van der Waals surface area contributed by atoms with Crippen LogP contribution in [0.4, 0.5) is 17.3 Å². The van der Waals surface area contributed by atoms with Crippen molar-refractivity contribution in [2.45, 2.75) is 6.61 Å². The Labute approximate surface area is 187 Å². The lowest BCUT2D eigenvalue weighted by molar-refractivity contribution is 0.306. The number of piperazine rings is 1. The van der Waals surface area contributed by atoms with Crippen LogP contribution in [0.2, 0.25) is 0 Å². The predicted molar refractivity (Wildman–Crippen MR) is 128 cm³/mol. The Kier molecular flexibility index (Phi) is 5.81. The molecular weight excluding hydrogens is 400 g/mol. The molecule has 1 N–H and O–H groups in total. The fraction of sp³-hybridized carbons (Fsp3) is 0.240. The maximum absolute atomic E-state index is 5.89. The topological polar surface area (TPSA) is 66.4 Å². The quantitative estimate of drug-likeness (QED) is 0.498. The third kappa shape index (κ3) is 4.63. The van der Waals surface area contributed by atoms with E-state index < -0.39 is 0 Å². The highest BCUT2D eigenvalue weighted by molar-refractivity contribution is 5.91. The summed E-state index contributed by atoms with van der Waals surface area (Å²) in [6, 6.07) is 20.2. The smallest absolute Gasteiger partial charge is 0.141 e. The Morgan fingerprint density at radius 2 is 1.69 bits per heavy atom. The van der Waals surface area contributed by atoms with Crippen LogP contribution < -0.4 is 15.0 Å². The van der Waals surface area contributed by atoms with Gasteiger partial charge >= 0.3 is 0 Å². The highest BCUT2D eigenvalue weighted by atomic mass is 16.5. The number of nitrogens with zero attached hydrogens (tertiary/aromatic N) is 5. The van der Waals surface area contributed by atoms with Crippen molar-refractivity contribution in [1.29, 1.82) is 0 Å². The highest BCUT2D eigenvalue weighted by Gasteiger charge is 2.16. The number of nitrogens with one attached hydrogen (secondary N) is 1. The lowest BCUT2D eigenvalue weighted by atomic mass is 10.2. The van der Waals surface area contributed by atoms with Crippen LogP contribution in [0.25, 0.3) is 10.9 Å². The number of rotatable bonds is 6. The second-order valence-electron chi connectivity index (χ2n) is 8.00. The van der Waals surface area contributed by atoms with Gasteiger partial charge in [0.2, 0.25) is 0 Å². The summed E-state index contributed by atoms with van der Waals surface area (Å²) in [5, 5.41) is 4.38. The zero-order valence-electron chi connectivity index (χ0n) is 18.1. The SMILES string of the molecule is CN1CCN(c2cc3c(Nc4ccc(OCc5ccccc5)cc4)ncnc3cn2)CC1. The Hall–Kier alpha value is -3.71. The number of ether oxygens (including phenoxy) is 1. The first-order valence-corrected chi connectivity index (χ1v) is 10.8. The summed E-state index contributed by atoms with van der Waals surface area (Å²) in [6.45, 7) is 4.56. The molecule has 162 valence electrons. The first kappa shape index (κ1) is 20.2. The van der Waals surface area contributed by atoms with E-state index in [2.05, 4.69) is 55.3 Å². The first-order valence-electron chi connectivity index (χ1n) is 10.8. The van der Waals surface area contributed by atoms with Crippen LogP contribution in [0, 0.1) is 0 Å². The molecular formula is C25H26N6O. The van der Waals surface area contributed by atoms with Crippen molar-refractivity contribution < 1.29 is 4.74 Å². The highest BCUT2D eigenvalue weighted by Crippen LogP contribution is 2.27. The van der Waals surface area contributed by atoms with Crippen LogP contribution in [0.5, 0.6) is 5.75 Å². The van der Waals surface area contributed by atoms with Gasteiger partial charge in [-0.1, -0.05) is 30.3 Å². The van der Waals surface area contributed by atoms with Crippen molar-refractivity contribution in [2.75, 3.05) is 43.4 Å². The zero-order valence-corrected chi connectivity index (χ0v) is 18.1. The molecule has 7 heteroatoms. The molecule has 1 aliphatic heterocycles. The van der Waals surface area contributed by atoms with Gasteiger partial charge in [-0.3, -0.25) is 0 Å². The van der Waals surface area contributed by atoms with E-state index in [-0.39, 0.29) is 0 Å². The lowest BCUT2D eigenvalue weighted by Crippen LogP contribution is -2.44. The normalized spacial score (nSPS) is 14.5. The van der Waals surface area contributed by atoms with E-state index in [1.54, 1.807) is 6.33 Å². The Bertz CT molecular complexity index is 1170. The molecule has 1 saturated heterocycles. The van der Waals surface area contributed by atoms with Crippen molar-refractivity contribution in [2.24, 2.45) is 0 Å². The van der Waals surface area contributed by atoms with E-state index in [1.165, 1.54) is 0 Å². The number of anilines is 3. The number of fused-ring (bicyclic) bond motifs is 1. The minimum absolute atomic E-state index is 0.548. The van der Waals surface area contributed by atoms with Crippen LogP contribution >= 0.6 is 0 Å². The fourth-order valence-corrected chi connectivity index (χ4v) is 3.77. The maximum Gasteiger partial charge on any atom is 0.141 e. The molecule has 7 nitrogen and oxygen atoms in total. The summed E-state index contributed by atoms with van der Waals surface area (Å²) < 4.78 is 5.89. The largest absolute Gasteiger partial charge is 0.489 e. The number of benzene rings is 2. The molecule has 0 unspecified atom stereocenters. The van der Waals surface area contributed by atoms with Crippen molar-refractivity contribution in [1.82, 2.24) is 19.9 Å². The van der Waals surface area contributed by atoms with Crippen LogP contribution in [0.1, 0.15) is 5.56 Å². The van der Waals surface area contributed by atoms with Gasteiger partial charge in [0, 0.05) is 37.3 Å². The molecule has 0 saturated carbocycles. The molecule has 1 fully saturated rings. The average Bonchev–Trinajstić information content (AvgIpc) is 2.85. The third-order valence-electron chi connectivity index (χ3n) is 5.70. The molecule has 2 aromatic carbocycles. The van der Waals surface area contributed by atoms with Gasteiger partial charge in [0.15, 0.2) is 0 Å². The van der Waals surface area contributed by atoms with Crippen LogP contribution in [-0.2, 0) is 6.61 Å². The van der Waals surface area contributed by atoms with Crippen LogP contribution in [-0.4, -0.2) is 53.1 Å². The molecule has 0 bridgehead atoms. The molecule has 4 aromatic rings. The monoisotopic (exact) mass is 426 g/mol. The van der Waals surface area contributed by atoms with Crippen LogP contribution in [0.3, 0.4) is 0 Å². The minimum atomic E-state index is 0.548.